The van der Waals surface area contributed by atoms with E-state index in [9.17, 15) is 13.2 Å². The van der Waals surface area contributed by atoms with Gasteiger partial charge in [0.2, 0.25) is 5.91 Å². The van der Waals surface area contributed by atoms with E-state index in [-0.39, 0.29) is 18.1 Å². The van der Waals surface area contributed by atoms with E-state index in [2.05, 4.69) is 5.32 Å². The van der Waals surface area contributed by atoms with Gasteiger partial charge in [-0.3, -0.25) is 4.79 Å². The second-order valence-corrected chi connectivity index (χ2v) is 5.91. The summed E-state index contributed by atoms with van der Waals surface area (Å²) < 4.78 is 21.7. The van der Waals surface area contributed by atoms with Crippen molar-refractivity contribution in [1.82, 2.24) is 0 Å². The molecule has 88 valence electrons. The molecule has 5 heteroatoms. The van der Waals surface area contributed by atoms with Crippen molar-refractivity contribution in [2.75, 3.05) is 17.3 Å². The zero-order valence-corrected chi connectivity index (χ0v) is 9.96. The third-order valence-electron chi connectivity index (χ3n) is 1.98. The fraction of sp³-hybridized carbons (Fsp3) is 0.364. The van der Waals surface area contributed by atoms with Crippen LogP contribution in [0, 0.1) is 0 Å². The van der Waals surface area contributed by atoms with Gasteiger partial charge in [0.1, 0.15) is 9.84 Å². The number of rotatable bonds is 5. The van der Waals surface area contributed by atoms with Crippen LogP contribution in [0.15, 0.2) is 30.3 Å². The van der Waals surface area contributed by atoms with Crippen LogP contribution in [0.25, 0.3) is 0 Å². The summed E-state index contributed by atoms with van der Waals surface area (Å²) in [5, 5.41) is 2.69. The van der Waals surface area contributed by atoms with E-state index in [1.54, 1.807) is 12.1 Å². The molecule has 0 heterocycles. The van der Waals surface area contributed by atoms with E-state index >= 15 is 0 Å². The highest BCUT2D eigenvalue weighted by molar-refractivity contribution is 7.90. The SMILES string of the molecule is CS(=O)(=O)CCCC(=O)Nc1ccccc1. The zero-order valence-electron chi connectivity index (χ0n) is 9.14. The van der Waals surface area contributed by atoms with E-state index in [0.29, 0.717) is 6.42 Å². The molecule has 0 aliphatic carbocycles. The van der Waals surface area contributed by atoms with Gasteiger partial charge in [0.15, 0.2) is 0 Å². The average Bonchev–Trinajstić information content (AvgIpc) is 2.17. The molecule has 1 aromatic carbocycles. The van der Waals surface area contributed by atoms with Crippen molar-refractivity contribution in [3.05, 3.63) is 30.3 Å². The Morgan fingerprint density at radius 3 is 2.44 bits per heavy atom. The van der Waals surface area contributed by atoms with Gasteiger partial charge in [0.05, 0.1) is 5.75 Å². The number of anilines is 1. The second-order valence-electron chi connectivity index (χ2n) is 3.65. The molecule has 0 aromatic heterocycles. The van der Waals surface area contributed by atoms with Gasteiger partial charge in [-0.15, -0.1) is 0 Å². The predicted molar refractivity (Wildman–Crippen MR) is 64.0 cm³/mol. The van der Waals surface area contributed by atoms with Crippen molar-refractivity contribution in [1.29, 1.82) is 0 Å². The second kappa shape index (κ2) is 5.65. The first-order valence-corrected chi connectivity index (χ1v) is 7.06. The molecule has 1 N–H and O–H groups in total. The van der Waals surface area contributed by atoms with Crippen molar-refractivity contribution in [3.8, 4) is 0 Å². The quantitative estimate of drug-likeness (QED) is 0.848. The lowest BCUT2D eigenvalue weighted by Crippen LogP contribution is -2.13. The molecule has 0 aliphatic rings. The number of nitrogens with one attached hydrogen (secondary N) is 1. The number of amides is 1. The molecule has 0 saturated heterocycles. The maximum Gasteiger partial charge on any atom is 0.224 e. The van der Waals surface area contributed by atoms with Crippen LogP contribution in [0.5, 0.6) is 0 Å². The summed E-state index contributed by atoms with van der Waals surface area (Å²) in [6, 6.07) is 9.08. The summed E-state index contributed by atoms with van der Waals surface area (Å²) in [5.41, 5.74) is 0.729. The van der Waals surface area contributed by atoms with Crippen LogP contribution < -0.4 is 5.32 Å². The minimum absolute atomic E-state index is 0.0508. The minimum atomic E-state index is -2.97. The Kier molecular flexibility index (Phi) is 4.49. The lowest BCUT2D eigenvalue weighted by atomic mass is 10.3. The van der Waals surface area contributed by atoms with Gasteiger partial charge in [0.25, 0.3) is 0 Å². The molecule has 0 bridgehead atoms. The fourth-order valence-corrected chi connectivity index (χ4v) is 1.91. The Bertz CT molecular complexity index is 440. The first kappa shape index (κ1) is 12.7. The van der Waals surface area contributed by atoms with E-state index < -0.39 is 9.84 Å². The molecule has 0 unspecified atom stereocenters. The van der Waals surface area contributed by atoms with Gasteiger partial charge in [0, 0.05) is 18.4 Å². The number of hydrogen-bond acceptors (Lipinski definition) is 3. The Morgan fingerprint density at radius 2 is 1.88 bits per heavy atom. The van der Waals surface area contributed by atoms with Crippen LogP contribution in [-0.4, -0.2) is 26.3 Å². The number of sulfone groups is 1. The summed E-state index contributed by atoms with van der Waals surface area (Å²) in [6.45, 7) is 0. The Labute approximate surface area is 95.6 Å². The van der Waals surface area contributed by atoms with Gasteiger partial charge in [-0.2, -0.15) is 0 Å². The van der Waals surface area contributed by atoms with Gasteiger partial charge in [-0.1, -0.05) is 18.2 Å². The molecule has 4 nitrogen and oxygen atoms in total. The first-order valence-electron chi connectivity index (χ1n) is 5.00. The van der Waals surface area contributed by atoms with Gasteiger partial charge in [-0.25, -0.2) is 8.42 Å². The zero-order chi connectivity index (χ0) is 12.0. The highest BCUT2D eigenvalue weighted by Crippen LogP contribution is 2.06. The number of benzene rings is 1. The third kappa shape index (κ3) is 5.50. The van der Waals surface area contributed by atoms with Gasteiger partial charge >= 0.3 is 0 Å². The van der Waals surface area contributed by atoms with Crippen molar-refractivity contribution in [2.45, 2.75) is 12.8 Å². The summed E-state index contributed by atoms with van der Waals surface area (Å²) in [7, 11) is -2.97. The lowest BCUT2D eigenvalue weighted by molar-refractivity contribution is -0.116. The third-order valence-corrected chi connectivity index (χ3v) is 3.01. The number of hydrogen-bond donors (Lipinski definition) is 1. The van der Waals surface area contributed by atoms with Crippen LogP contribution in [0.2, 0.25) is 0 Å². The molecule has 1 rings (SSSR count). The fourth-order valence-electron chi connectivity index (χ4n) is 1.24. The first-order chi connectivity index (χ1) is 7.47. The maximum absolute atomic E-state index is 11.4. The smallest absolute Gasteiger partial charge is 0.224 e. The van der Waals surface area contributed by atoms with E-state index in [0.717, 1.165) is 5.69 Å². The molecule has 16 heavy (non-hydrogen) atoms. The Morgan fingerprint density at radius 1 is 1.25 bits per heavy atom. The van der Waals surface area contributed by atoms with Gasteiger partial charge in [-0.05, 0) is 18.6 Å². The summed E-state index contributed by atoms with van der Waals surface area (Å²) in [4.78, 5) is 11.4. The van der Waals surface area contributed by atoms with Crippen LogP contribution >= 0.6 is 0 Å². The minimum Gasteiger partial charge on any atom is -0.326 e. The highest BCUT2D eigenvalue weighted by Gasteiger charge is 2.05. The number of carbonyl (C=O) groups excluding carboxylic acids is 1. The topological polar surface area (TPSA) is 63.2 Å². The molecule has 0 atom stereocenters. The highest BCUT2D eigenvalue weighted by atomic mass is 32.2. The van der Waals surface area contributed by atoms with Crippen molar-refractivity contribution < 1.29 is 13.2 Å². The lowest BCUT2D eigenvalue weighted by Gasteiger charge is -2.04. The largest absolute Gasteiger partial charge is 0.326 e. The van der Waals surface area contributed by atoms with E-state index in [1.165, 1.54) is 6.26 Å². The number of carbonyl (C=O) groups is 1. The molecule has 1 aromatic rings. The predicted octanol–water partition coefficient (Wildman–Crippen LogP) is 1.45. The van der Waals surface area contributed by atoms with Crippen LogP contribution in [0.4, 0.5) is 5.69 Å². The Balaban J connectivity index is 2.32. The van der Waals surface area contributed by atoms with Crippen LogP contribution in [0.1, 0.15) is 12.8 Å². The standard InChI is InChI=1S/C11H15NO3S/c1-16(14,15)9-5-8-11(13)12-10-6-3-2-4-7-10/h2-4,6-7H,5,8-9H2,1H3,(H,12,13). The van der Waals surface area contributed by atoms with Crippen molar-refractivity contribution >= 4 is 21.4 Å². The number of para-hydroxylation sites is 1. The molecule has 0 saturated carbocycles. The normalized spacial score (nSPS) is 11.1. The molecular formula is C11H15NO3S. The monoisotopic (exact) mass is 241 g/mol. The molecule has 0 aliphatic heterocycles. The molecule has 0 fully saturated rings. The summed E-state index contributed by atoms with van der Waals surface area (Å²) in [5.74, 6) is -0.107. The molecule has 1 amide bonds. The molecular weight excluding hydrogens is 226 g/mol. The Hall–Kier alpha value is -1.36. The van der Waals surface area contributed by atoms with Gasteiger partial charge < -0.3 is 5.32 Å². The summed E-state index contributed by atoms with van der Waals surface area (Å²) in [6.07, 6.45) is 1.75. The molecule has 0 radical (unpaired) electrons. The van der Waals surface area contributed by atoms with E-state index in [4.69, 9.17) is 0 Å². The van der Waals surface area contributed by atoms with Crippen LogP contribution in [0.3, 0.4) is 0 Å². The summed E-state index contributed by atoms with van der Waals surface area (Å²) >= 11 is 0. The van der Waals surface area contributed by atoms with Crippen molar-refractivity contribution in [2.24, 2.45) is 0 Å². The average molecular weight is 241 g/mol. The van der Waals surface area contributed by atoms with Crippen molar-refractivity contribution in [3.63, 3.8) is 0 Å². The van der Waals surface area contributed by atoms with Crippen LogP contribution in [-0.2, 0) is 14.6 Å². The van der Waals surface area contributed by atoms with E-state index in [1.807, 2.05) is 18.2 Å². The molecule has 0 spiro atoms. The maximum atomic E-state index is 11.4.